The largest absolute Gasteiger partial charge is 0.480 e. The number of hydrogen-bond donors (Lipinski definition) is 3. The molecule has 0 aliphatic rings. The van der Waals surface area contributed by atoms with E-state index in [4.69, 9.17) is 5.73 Å². The first-order valence-electron chi connectivity index (χ1n) is 11.0. The number of carboxylic acid groups (broad SMARTS) is 1. The highest BCUT2D eigenvalue weighted by atomic mass is 32.1. The van der Waals surface area contributed by atoms with Crippen molar-refractivity contribution in [2.24, 2.45) is 17.1 Å². The van der Waals surface area contributed by atoms with Crippen molar-refractivity contribution < 1.29 is 19.5 Å². The van der Waals surface area contributed by atoms with E-state index in [9.17, 15) is 19.5 Å². The zero-order valence-corrected chi connectivity index (χ0v) is 20.7. The molecule has 0 saturated carbocycles. The fourth-order valence-electron chi connectivity index (χ4n) is 3.70. The quantitative estimate of drug-likeness (QED) is 0.394. The number of imidazole rings is 1. The summed E-state index contributed by atoms with van der Waals surface area (Å²) in [6.07, 6.45) is 8.84. The fraction of sp³-hybridized carbons (Fsp3) is 0.320. The van der Waals surface area contributed by atoms with Gasteiger partial charge in [-0.1, -0.05) is 32.9 Å². The molecule has 2 atom stereocenters. The minimum atomic E-state index is -1.26. The van der Waals surface area contributed by atoms with E-state index in [-0.39, 0.29) is 6.42 Å². The maximum atomic E-state index is 12.9. The lowest BCUT2D eigenvalue weighted by Crippen LogP contribution is -2.46. The van der Waals surface area contributed by atoms with Gasteiger partial charge in [0.05, 0.1) is 12.9 Å². The number of rotatable bonds is 10. The Morgan fingerprint density at radius 3 is 2.60 bits per heavy atom. The minimum Gasteiger partial charge on any atom is -0.480 e. The van der Waals surface area contributed by atoms with Gasteiger partial charge in [0.25, 0.3) is 5.91 Å². The highest BCUT2D eigenvalue weighted by molar-refractivity contribution is 7.10. The first kappa shape index (κ1) is 25.8. The summed E-state index contributed by atoms with van der Waals surface area (Å²) in [5.74, 6) is -3.09. The number of carbonyl (C=O) groups is 3. The van der Waals surface area contributed by atoms with E-state index >= 15 is 0 Å². The Balaban J connectivity index is 1.83. The highest BCUT2D eigenvalue weighted by Crippen LogP contribution is 2.30. The van der Waals surface area contributed by atoms with Gasteiger partial charge in [0.2, 0.25) is 5.91 Å². The van der Waals surface area contributed by atoms with Gasteiger partial charge in [-0.15, -0.1) is 11.3 Å². The van der Waals surface area contributed by atoms with E-state index in [1.807, 2.05) is 49.1 Å². The molecule has 0 saturated heterocycles. The molecule has 0 radical (unpaired) electrons. The molecule has 4 N–H and O–H groups in total. The maximum absolute atomic E-state index is 12.9. The van der Waals surface area contributed by atoms with Crippen LogP contribution in [0.25, 0.3) is 11.6 Å². The van der Waals surface area contributed by atoms with Crippen molar-refractivity contribution in [3.05, 3.63) is 70.7 Å². The number of thiazole rings is 1. The monoisotopic (exact) mass is 495 g/mol. The van der Waals surface area contributed by atoms with Crippen LogP contribution in [0.15, 0.2) is 54.6 Å². The summed E-state index contributed by atoms with van der Waals surface area (Å²) < 4.78 is 1.92. The number of carboxylic acids is 1. The van der Waals surface area contributed by atoms with Crippen LogP contribution in [0.3, 0.4) is 0 Å². The predicted octanol–water partition coefficient (Wildman–Crippen LogP) is 3.30. The molecule has 3 rings (SSSR count). The van der Waals surface area contributed by atoms with Gasteiger partial charge >= 0.3 is 5.97 Å². The van der Waals surface area contributed by atoms with Gasteiger partial charge in [0.1, 0.15) is 11.0 Å². The molecular formula is C25H29N5O4S. The van der Waals surface area contributed by atoms with Crippen LogP contribution in [0.2, 0.25) is 0 Å². The zero-order valence-electron chi connectivity index (χ0n) is 19.8. The van der Waals surface area contributed by atoms with Crippen molar-refractivity contribution in [3.63, 3.8) is 0 Å². The predicted molar refractivity (Wildman–Crippen MR) is 134 cm³/mol. The summed E-state index contributed by atoms with van der Waals surface area (Å²) in [5, 5.41) is 15.0. The molecule has 0 spiro atoms. The number of amides is 2. The molecule has 35 heavy (non-hydrogen) atoms. The lowest BCUT2D eigenvalue weighted by Gasteiger charge is -2.30. The average Bonchev–Trinajstić information content (AvgIpc) is 3.49. The third-order valence-corrected chi connectivity index (χ3v) is 6.42. The van der Waals surface area contributed by atoms with Crippen LogP contribution < -0.4 is 11.1 Å². The molecular weight excluding hydrogens is 466 g/mol. The third-order valence-electron chi connectivity index (χ3n) is 5.57. The molecule has 0 bridgehead atoms. The molecule has 184 valence electrons. The van der Waals surface area contributed by atoms with Gasteiger partial charge in [-0.05, 0) is 35.6 Å². The molecule has 2 aromatic heterocycles. The van der Waals surface area contributed by atoms with Gasteiger partial charge in [-0.25, -0.2) is 14.8 Å². The first-order valence-corrected chi connectivity index (χ1v) is 11.9. The summed E-state index contributed by atoms with van der Waals surface area (Å²) >= 11 is 1.51. The van der Waals surface area contributed by atoms with Gasteiger partial charge in [-0.2, -0.15) is 0 Å². The Bertz CT molecular complexity index is 1200. The Kier molecular flexibility index (Phi) is 8.18. The smallest absolute Gasteiger partial charge is 0.326 e. The van der Waals surface area contributed by atoms with E-state index in [2.05, 4.69) is 15.3 Å². The summed E-state index contributed by atoms with van der Waals surface area (Å²) in [4.78, 5) is 45.2. The van der Waals surface area contributed by atoms with Crippen molar-refractivity contribution in [1.29, 1.82) is 0 Å². The Labute approximate surface area is 207 Å². The molecule has 3 aromatic rings. The maximum Gasteiger partial charge on any atom is 0.326 e. The van der Waals surface area contributed by atoms with Crippen LogP contribution in [-0.2, 0) is 16.1 Å². The number of hydrogen-bond acceptors (Lipinski definition) is 6. The van der Waals surface area contributed by atoms with Crippen LogP contribution in [0.1, 0.15) is 48.1 Å². The molecule has 0 aliphatic heterocycles. The number of nitrogens with zero attached hydrogens (tertiary/aromatic N) is 3. The Morgan fingerprint density at radius 2 is 2.03 bits per heavy atom. The number of carbonyl (C=O) groups excluding carboxylic acids is 2. The van der Waals surface area contributed by atoms with Crippen molar-refractivity contribution in [3.8, 4) is 0 Å². The summed E-state index contributed by atoms with van der Waals surface area (Å²) in [5.41, 5.74) is 6.97. The van der Waals surface area contributed by atoms with Crippen LogP contribution in [0.4, 0.5) is 0 Å². The van der Waals surface area contributed by atoms with Crippen molar-refractivity contribution in [2.75, 3.05) is 0 Å². The SMILES string of the molecule is CC(C)(C)C(C[C@H](NC(=O)c1cccc(C=C(Cn2ccnc2)c2nccs2)c1)C(=O)O)C(N)=O. The van der Waals surface area contributed by atoms with Crippen LogP contribution in [0, 0.1) is 11.3 Å². The number of aromatic nitrogens is 3. The van der Waals surface area contributed by atoms with Crippen molar-refractivity contribution in [1.82, 2.24) is 19.9 Å². The van der Waals surface area contributed by atoms with Gasteiger partial charge in [0, 0.05) is 41.0 Å². The summed E-state index contributed by atoms with van der Waals surface area (Å²) in [6, 6.07) is 5.63. The topological polar surface area (TPSA) is 140 Å². The van der Waals surface area contributed by atoms with Crippen molar-refractivity contribution >= 4 is 40.8 Å². The lowest BCUT2D eigenvalue weighted by molar-refractivity contribution is -0.140. The second-order valence-corrected chi connectivity index (χ2v) is 10.2. The molecule has 2 heterocycles. The fourth-order valence-corrected chi connectivity index (χ4v) is 4.35. The highest BCUT2D eigenvalue weighted by Gasteiger charge is 2.35. The molecule has 2 amide bonds. The van der Waals surface area contributed by atoms with E-state index in [0.717, 1.165) is 16.1 Å². The molecule has 9 nitrogen and oxygen atoms in total. The lowest BCUT2D eigenvalue weighted by atomic mass is 9.76. The zero-order chi connectivity index (χ0) is 25.6. The Morgan fingerprint density at radius 1 is 1.26 bits per heavy atom. The third kappa shape index (κ3) is 7.10. The number of aliphatic carboxylic acids is 1. The molecule has 10 heteroatoms. The number of nitrogens with one attached hydrogen (secondary N) is 1. The second kappa shape index (κ2) is 11.1. The normalized spacial score (nSPS) is 13.7. The van der Waals surface area contributed by atoms with Gasteiger partial charge in [-0.3, -0.25) is 9.59 Å². The standard InChI is InChI=1S/C25H29N5O4S/c1-25(2,3)19(21(26)31)13-20(24(33)34)29-22(32)17-6-4-5-16(11-17)12-18(23-28-8-10-35-23)14-30-9-7-27-15-30/h4-12,15,19-20H,13-14H2,1-3H3,(H2,26,31)(H,29,32)(H,33,34)/t19?,20-/m0/s1. The van der Waals surface area contributed by atoms with Gasteiger partial charge in [0.15, 0.2) is 0 Å². The van der Waals surface area contributed by atoms with E-state index < -0.39 is 35.2 Å². The molecule has 1 aromatic carbocycles. The number of nitrogens with two attached hydrogens (primary N) is 1. The first-order chi connectivity index (χ1) is 16.5. The van der Waals surface area contributed by atoms with E-state index in [1.54, 1.807) is 36.9 Å². The average molecular weight is 496 g/mol. The van der Waals surface area contributed by atoms with E-state index in [0.29, 0.717) is 12.1 Å². The minimum absolute atomic E-state index is 0.0986. The number of allylic oxidation sites excluding steroid dienone is 1. The summed E-state index contributed by atoms with van der Waals surface area (Å²) in [7, 11) is 0. The second-order valence-electron chi connectivity index (χ2n) is 9.29. The van der Waals surface area contributed by atoms with E-state index in [1.165, 1.54) is 11.3 Å². The molecule has 0 fully saturated rings. The summed E-state index contributed by atoms with van der Waals surface area (Å²) in [6.45, 7) is 5.97. The van der Waals surface area contributed by atoms with Gasteiger partial charge < -0.3 is 20.7 Å². The van der Waals surface area contributed by atoms with Crippen molar-refractivity contribution in [2.45, 2.75) is 39.8 Å². The number of benzene rings is 1. The number of primary amides is 1. The van der Waals surface area contributed by atoms with Crippen LogP contribution >= 0.6 is 11.3 Å². The van der Waals surface area contributed by atoms with Crippen LogP contribution in [0.5, 0.6) is 0 Å². The molecule has 1 unspecified atom stereocenters. The van der Waals surface area contributed by atoms with Crippen LogP contribution in [-0.4, -0.2) is 43.5 Å². The Hall–Kier alpha value is -3.79. The molecule has 0 aliphatic carbocycles.